The van der Waals surface area contributed by atoms with Gasteiger partial charge in [-0.2, -0.15) is 0 Å². The third-order valence-corrected chi connectivity index (χ3v) is 8.82. The number of benzene rings is 7. The van der Waals surface area contributed by atoms with Crippen molar-refractivity contribution in [1.82, 2.24) is 0 Å². The van der Waals surface area contributed by atoms with Crippen molar-refractivity contribution in [3.63, 3.8) is 0 Å². The Morgan fingerprint density at radius 3 is 1.93 bits per heavy atom. The van der Waals surface area contributed by atoms with Gasteiger partial charge >= 0.3 is 0 Å². The number of hydrogen-bond donors (Lipinski definition) is 0. The summed E-state index contributed by atoms with van der Waals surface area (Å²) in [5, 5.41) is 7.25. The monoisotopic (exact) mass is 567 g/mol. The van der Waals surface area contributed by atoms with Crippen molar-refractivity contribution in [2.75, 3.05) is 4.90 Å². The maximum atomic E-state index is 6.54. The van der Waals surface area contributed by atoms with Crippen LogP contribution in [0.3, 0.4) is 0 Å². The summed E-state index contributed by atoms with van der Waals surface area (Å²) in [6.07, 6.45) is 3.46. The first-order chi connectivity index (χ1) is 21.8. The van der Waals surface area contributed by atoms with Crippen LogP contribution < -0.4 is 4.90 Å². The predicted octanol–water partition coefficient (Wildman–Crippen LogP) is 12.4. The van der Waals surface area contributed by atoms with Crippen LogP contribution in [0.5, 0.6) is 0 Å². The summed E-state index contributed by atoms with van der Waals surface area (Å²) in [5.74, 6) is 0. The fourth-order valence-electron chi connectivity index (χ4n) is 6.57. The molecule has 0 spiro atoms. The Bertz CT molecular complexity index is 2260. The topological polar surface area (TPSA) is 16.4 Å². The number of anilines is 3. The Kier molecular flexibility index (Phi) is 6.61. The Labute approximate surface area is 257 Å². The number of rotatable bonds is 7. The summed E-state index contributed by atoms with van der Waals surface area (Å²) in [4.78, 5) is 2.38. The Morgan fingerprint density at radius 1 is 0.500 bits per heavy atom. The van der Waals surface area contributed by atoms with Crippen LogP contribution in [-0.4, -0.2) is 0 Å². The molecule has 0 bridgehead atoms. The number of nitrogens with zero attached hydrogens (tertiary/aromatic N) is 1. The van der Waals surface area contributed by atoms with E-state index in [9.17, 15) is 0 Å². The molecule has 1 heterocycles. The van der Waals surface area contributed by atoms with Gasteiger partial charge in [0.25, 0.3) is 0 Å². The fraction of sp³-hybridized carbons (Fsp3) is 0.0952. The van der Waals surface area contributed by atoms with Gasteiger partial charge in [-0.3, -0.25) is 0 Å². The summed E-state index contributed by atoms with van der Waals surface area (Å²) in [5.41, 5.74) is 8.92. The SMILES string of the molecule is CCCCc1ccc2c(c1)oc1cc(N(c3ccc(-c4ccccc4)cc3)c3cc4ccccc4c4ccccc34)ccc12. The van der Waals surface area contributed by atoms with E-state index < -0.39 is 0 Å². The molecule has 44 heavy (non-hydrogen) atoms. The minimum absolute atomic E-state index is 0.904. The first-order valence-electron chi connectivity index (χ1n) is 15.6. The number of aryl methyl sites for hydroxylation is 1. The van der Waals surface area contributed by atoms with Crippen molar-refractivity contribution in [1.29, 1.82) is 0 Å². The summed E-state index contributed by atoms with van der Waals surface area (Å²) < 4.78 is 6.54. The summed E-state index contributed by atoms with van der Waals surface area (Å²) >= 11 is 0. The second kappa shape index (κ2) is 11.1. The van der Waals surface area contributed by atoms with Gasteiger partial charge in [0.1, 0.15) is 11.2 Å². The second-order valence-corrected chi connectivity index (χ2v) is 11.6. The summed E-state index contributed by atoms with van der Waals surface area (Å²) in [7, 11) is 0. The first kappa shape index (κ1) is 26.3. The average Bonchev–Trinajstić information content (AvgIpc) is 3.45. The van der Waals surface area contributed by atoms with Crippen molar-refractivity contribution >= 4 is 60.5 Å². The Balaban J connectivity index is 1.33. The van der Waals surface area contributed by atoms with Gasteiger partial charge in [0.2, 0.25) is 0 Å². The zero-order chi connectivity index (χ0) is 29.5. The molecule has 8 aromatic rings. The molecule has 0 aliphatic rings. The molecule has 0 atom stereocenters. The lowest BCUT2D eigenvalue weighted by atomic mass is 9.98. The first-order valence-corrected chi connectivity index (χ1v) is 15.6. The van der Waals surface area contributed by atoms with Crippen molar-refractivity contribution in [2.45, 2.75) is 26.2 Å². The van der Waals surface area contributed by atoms with E-state index in [4.69, 9.17) is 4.42 Å². The molecule has 0 N–H and O–H groups in total. The molecule has 2 heteroatoms. The molecule has 0 saturated carbocycles. The van der Waals surface area contributed by atoms with Crippen LogP contribution in [0, 0.1) is 0 Å². The standard InChI is InChI=1S/C42H33NO/c1-2-3-11-29-18-24-38-39-25-23-34(28-42(39)44-41(38)26-29)43(33-21-19-31(20-22-33)30-12-5-4-6-13-30)40-27-32-14-7-8-15-35(32)36-16-9-10-17-37(36)40/h4-10,12-28H,2-3,11H2,1H3. The van der Waals surface area contributed by atoms with E-state index in [1.165, 1.54) is 56.5 Å². The van der Waals surface area contributed by atoms with E-state index in [1.54, 1.807) is 0 Å². The summed E-state index contributed by atoms with van der Waals surface area (Å²) in [6.45, 7) is 2.24. The van der Waals surface area contributed by atoms with Crippen molar-refractivity contribution in [3.8, 4) is 11.1 Å². The van der Waals surface area contributed by atoms with Crippen LogP contribution in [0.1, 0.15) is 25.3 Å². The fourth-order valence-corrected chi connectivity index (χ4v) is 6.57. The lowest BCUT2D eigenvalue weighted by molar-refractivity contribution is 0.667. The molecular weight excluding hydrogens is 534 g/mol. The minimum atomic E-state index is 0.904. The molecule has 2 nitrogen and oxygen atoms in total. The zero-order valence-electron chi connectivity index (χ0n) is 24.8. The van der Waals surface area contributed by atoms with Gasteiger partial charge in [-0.15, -0.1) is 0 Å². The second-order valence-electron chi connectivity index (χ2n) is 11.6. The lowest BCUT2D eigenvalue weighted by Gasteiger charge is -2.27. The highest BCUT2D eigenvalue weighted by molar-refractivity contribution is 6.15. The lowest BCUT2D eigenvalue weighted by Crippen LogP contribution is -2.10. The highest BCUT2D eigenvalue weighted by atomic mass is 16.3. The Hall–Kier alpha value is -5.34. The third kappa shape index (κ3) is 4.60. The van der Waals surface area contributed by atoms with E-state index in [0.29, 0.717) is 0 Å². The predicted molar refractivity (Wildman–Crippen MR) is 187 cm³/mol. The van der Waals surface area contributed by atoms with Crippen molar-refractivity contribution in [3.05, 3.63) is 151 Å². The van der Waals surface area contributed by atoms with Crippen LogP contribution in [0.2, 0.25) is 0 Å². The maximum Gasteiger partial charge on any atom is 0.137 e. The van der Waals surface area contributed by atoms with Gasteiger partial charge in [-0.05, 0) is 82.1 Å². The number of hydrogen-bond acceptors (Lipinski definition) is 2. The zero-order valence-corrected chi connectivity index (χ0v) is 24.8. The van der Waals surface area contributed by atoms with Crippen LogP contribution in [-0.2, 0) is 6.42 Å². The van der Waals surface area contributed by atoms with E-state index in [-0.39, 0.29) is 0 Å². The van der Waals surface area contributed by atoms with Gasteiger partial charge in [0, 0.05) is 33.6 Å². The number of unbranched alkanes of at least 4 members (excludes halogenated alkanes) is 1. The molecule has 0 aliphatic heterocycles. The molecule has 0 saturated heterocycles. The normalized spacial score (nSPS) is 11.6. The highest BCUT2D eigenvalue weighted by Gasteiger charge is 2.19. The van der Waals surface area contributed by atoms with E-state index >= 15 is 0 Å². The van der Waals surface area contributed by atoms with Crippen LogP contribution in [0.15, 0.2) is 150 Å². The van der Waals surface area contributed by atoms with Gasteiger partial charge in [-0.1, -0.05) is 116 Å². The smallest absolute Gasteiger partial charge is 0.137 e. The van der Waals surface area contributed by atoms with E-state index in [0.717, 1.165) is 40.0 Å². The minimum Gasteiger partial charge on any atom is -0.456 e. The molecule has 0 fully saturated rings. The quantitative estimate of drug-likeness (QED) is 0.178. The number of furan rings is 1. The maximum absolute atomic E-state index is 6.54. The Morgan fingerprint density at radius 2 is 1.14 bits per heavy atom. The highest BCUT2D eigenvalue weighted by Crippen LogP contribution is 2.44. The molecule has 0 unspecified atom stereocenters. The molecule has 0 aliphatic carbocycles. The molecule has 1 aromatic heterocycles. The third-order valence-electron chi connectivity index (χ3n) is 8.82. The molecule has 0 radical (unpaired) electrons. The van der Waals surface area contributed by atoms with E-state index in [1.807, 2.05) is 0 Å². The molecule has 212 valence electrons. The van der Waals surface area contributed by atoms with Gasteiger partial charge in [-0.25, -0.2) is 0 Å². The van der Waals surface area contributed by atoms with Crippen LogP contribution >= 0.6 is 0 Å². The molecule has 0 amide bonds. The van der Waals surface area contributed by atoms with Crippen LogP contribution in [0.4, 0.5) is 17.1 Å². The van der Waals surface area contributed by atoms with E-state index in [2.05, 4.69) is 157 Å². The van der Waals surface area contributed by atoms with Crippen LogP contribution in [0.25, 0.3) is 54.6 Å². The van der Waals surface area contributed by atoms with Gasteiger partial charge in [0.05, 0.1) is 5.69 Å². The summed E-state index contributed by atoms with van der Waals surface area (Å²) in [6, 6.07) is 52.6. The molecule has 8 rings (SSSR count). The molecule has 7 aromatic carbocycles. The number of fused-ring (bicyclic) bond motifs is 6. The molecular formula is C42H33NO. The van der Waals surface area contributed by atoms with Crippen molar-refractivity contribution < 1.29 is 4.42 Å². The van der Waals surface area contributed by atoms with Gasteiger partial charge < -0.3 is 9.32 Å². The largest absolute Gasteiger partial charge is 0.456 e. The van der Waals surface area contributed by atoms with Crippen molar-refractivity contribution in [2.24, 2.45) is 0 Å². The van der Waals surface area contributed by atoms with Gasteiger partial charge in [0.15, 0.2) is 0 Å². The average molecular weight is 568 g/mol.